The average molecular weight is 1730 g/mol. The molecule has 3 N–H and O–H groups in total. The average Bonchev–Trinajstić information content (AvgIpc) is 1.45. The zero-order valence-electron chi connectivity index (χ0n) is 71.8. The fraction of sp³-hybridized carbons (Fsp3) is 0.562. The molecule has 10 amide bonds. The van der Waals surface area contributed by atoms with Crippen molar-refractivity contribution in [2.45, 2.75) is 222 Å². The van der Waals surface area contributed by atoms with E-state index in [1.807, 2.05) is 104 Å². The Morgan fingerprint density at radius 1 is 0.479 bits per heavy atom. The lowest BCUT2D eigenvalue weighted by molar-refractivity contribution is -0.140. The number of amides is 10. The molecule has 3 fully saturated rings. The van der Waals surface area contributed by atoms with Gasteiger partial charge in [-0.15, -0.1) is 22.7 Å². The van der Waals surface area contributed by atoms with Gasteiger partial charge in [-0.1, -0.05) is 44.1 Å². The number of ether oxygens (including phenoxy) is 2. The number of thiazole rings is 2. The van der Waals surface area contributed by atoms with Crippen LogP contribution in [0.1, 0.15) is 206 Å². The summed E-state index contributed by atoms with van der Waals surface area (Å²) < 4.78 is 12.0. The Hall–Kier alpha value is -9.55. The van der Waals surface area contributed by atoms with Gasteiger partial charge in [-0.25, -0.2) is 34.5 Å². The Morgan fingerprint density at radius 2 is 0.832 bits per heavy atom. The van der Waals surface area contributed by atoms with Crippen molar-refractivity contribution >= 4 is 128 Å². The van der Waals surface area contributed by atoms with Gasteiger partial charge in [-0.05, 0) is 240 Å². The molecule has 3 spiro atoms. The van der Waals surface area contributed by atoms with Gasteiger partial charge in [0.2, 0.25) is 47.3 Å². The molecule has 30 heteroatoms. The second-order valence-corrected chi connectivity index (χ2v) is 40.7. The molecule has 0 aromatic carbocycles. The van der Waals surface area contributed by atoms with Crippen molar-refractivity contribution in [3.8, 4) is 0 Å². The number of aromatic nitrogens is 5. The van der Waals surface area contributed by atoms with Crippen LogP contribution in [-0.2, 0) is 79.9 Å². The van der Waals surface area contributed by atoms with Gasteiger partial charge in [0.05, 0.1) is 26.3 Å². The first-order chi connectivity index (χ1) is 55.9. The lowest BCUT2D eigenvalue weighted by atomic mass is 9.71. The quantitative estimate of drug-likeness (QED) is 0.0687. The maximum Gasteiger partial charge on any atom is 0.411 e. The molecule has 5 aromatic heterocycles. The van der Waals surface area contributed by atoms with Crippen LogP contribution in [0.2, 0.25) is 0 Å². The molecule has 0 saturated carbocycles. The minimum absolute atomic E-state index is 0.000132. The Balaban J connectivity index is 0.000000178. The predicted molar refractivity (Wildman–Crippen MR) is 464 cm³/mol. The van der Waals surface area contributed by atoms with E-state index >= 15 is 0 Å². The van der Waals surface area contributed by atoms with E-state index in [2.05, 4.69) is 89.7 Å². The molecule has 3 saturated heterocycles. The number of halogens is 1. The number of piperidine rings is 3. The summed E-state index contributed by atoms with van der Waals surface area (Å²) in [4.78, 5) is 164. The molecule has 13 rings (SSSR count). The van der Waals surface area contributed by atoms with E-state index in [9.17, 15) is 47.9 Å². The predicted octanol–water partition coefficient (Wildman–Crippen LogP) is 14.0. The molecule has 0 unspecified atom stereocenters. The molecule has 8 aliphatic heterocycles. The molecule has 5 aromatic rings. The van der Waals surface area contributed by atoms with E-state index < -0.39 is 50.7 Å². The maximum atomic E-state index is 13.4. The van der Waals surface area contributed by atoms with Crippen LogP contribution in [0.25, 0.3) is 12.2 Å². The molecule has 13 heterocycles. The monoisotopic (exact) mass is 1730 g/mol. The first kappa shape index (κ1) is 90.2. The third kappa shape index (κ3) is 24.0. The molecule has 27 nitrogen and oxygen atoms in total. The first-order valence-corrected chi connectivity index (χ1v) is 44.0. The smallest absolute Gasteiger partial charge is 0.411 e. The number of nitrogens with one attached hydrogen (secondary N) is 3. The van der Waals surface area contributed by atoms with Gasteiger partial charge in [0, 0.05) is 154 Å². The summed E-state index contributed by atoms with van der Waals surface area (Å²) >= 11 is 6.75. The number of carbonyl (C=O) groups excluding carboxylic acids is 10. The zero-order valence-corrected chi connectivity index (χ0v) is 75.0. The largest absolute Gasteiger partial charge is 0.444 e. The van der Waals surface area contributed by atoms with Crippen LogP contribution < -0.4 is 16.0 Å². The number of fused-ring (bicyclic) bond motifs is 3. The number of anilines is 3. The lowest BCUT2D eigenvalue weighted by Crippen LogP contribution is -2.55. The number of pyridine rings is 3. The number of likely N-dealkylation sites (tertiary alicyclic amines) is 3. The summed E-state index contributed by atoms with van der Waals surface area (Å²) in [7, 11) is 0. The molecule has 0 aliphatic carbocycles. The van der Waals surface area contributed by atoms with Crippen LogP contribution >= 0.6 is 38.6 Å². The van der Waals surface area contributed by atoms with Crippen LogP contribution in [0, 0.1) is 21.7 Å². The Morgan fingerprint density at radius 3 is 1.15 bits per heavy atom. The van der Waals surface area contributed by atoms with Crippen molar-refractivity contribution in [3.63, 3.8) is 0 Å². The molecule has 119 heavy (non-hydrogen) atoms. The molecule has 0 atom stereocenters. The molecule has 640 valence electrons. The summed E-state index contributed by atoms with van der Waals surface area (Å²) in [6, 6.07) is 5.99. The van der Waals surface area contributed by atoms with E-state index in [4.69, 9.17) is 9.47 Å². The summed E-state index contributed by atoms with van der Waals surface area (Å²) in [5.41, 5.74) is 3.07. The molecule has 0 radical (unpaired) electrons. The highest BCUT2D eigenvalue weighted by molar-refractivity contribution is 9.10. The Kier molecular flexibility index (Phi) is 28.2. The SMILES string of the molecule is CC(C)(C)CCC(=O)N1CCC2(CC1)Cc1cc(/C=C/C(=O)N3CC=C(Cc4nccs4)CC3)cnc1NC2=O.CC(C)(C)OC(=O)N(CC(=O)N1CCC2(CC1)Cc1cc(/C=C/C(=O)N3CC=C(Cc4nccs4)CC3)cnc1NC2=O)C(C)(C)C.CC(C)(C)OC(=O)N(CC(=O)N1CCC2(CC1)Cc1cc(Br)cnc1NC2=O)C(C)(C)C. The van der Waals surface area contributed by atoms with Crippen molar-refractivity contribution in [1.29, 1.82) is 0 Å². The topological polar surface area (TPSA) is 312 Å². The van der Waals surface area contributed by atoms with Crippen molar-refractivity contribution in [2.75, 3.05) is 94.5 Å². The van der Waals surface area contributed by atoms with E-state index in [0.717, 1.165) is 74.4 Å². The first-order valence-electron chi connectivity index (χ1n) is 41.4. The van der Waals surface area contributed by atoms with Crippen molar-refractivity contribution in [1.82, 2.24) is 59.2 Å². The van der Waals surface area contributed by atoms with Gasteiger partial charge in [-0.2, -0.15) is 0 Å². The number of rotatable bonds is 14. The number of hydrogen-bond acceptors (Lipinski definition) is 19. The van der Waals surface area contributed by atoms with Gasteiger partial charge < -0.3 is 49.9 Å². The number of nitrogens with zero attached hydrogens (tertiary/aromatic N) is 12. The van der Waals surface area contributed by atoms with E-state index in [0.29, 0.717) is 147 Å². The van der Waals surface area contributed by atoms with Crippen molar-refractivity contribution in [2.24, 2.45) is 21.7 Å². The fourth-order valence-corrected chi connectivity index (χ4v) is 17.7. The highest BCUT2D eigenvalue weighted by atomic mass is 79.9. The van der Waals surface area contributed by atoms with Gasteiger partial charge in [-0.3, -0.25) is 48.2 Å². The van der Waals surface area contributed by atoms with Crippen LogP contribution in [-0.4, -0.2) is 219 Å². The highest BCUT2D eigenvalue weighted by Crippen LogP contribution is 2.45. The number of carbonyl (C=O) groups is 10. The van der Waals surface area contributed by atoms with Gasteiger partial charge >= 0.3 is 12.2 Å². The van der Waals surface area contributed by atoms with Gasteiger partial charge in [0.1, 0.15) is 41.7 Å². The third-order valence-electron chi connectivity index (χ3n) is 23.2. The van der Waals surface area contributed by atoms with Crippen LogP contribution in [0.4, 0.5) is 27.0 Å². The second kappa shape index (κ2) is 37.2. The van der Waals surface area contributed by atoms with Crippen LogP contribution in [0.5, 0.6) is 0 Å². The third-order valence-corrected chi connectivity index (χ3v) is 25.2. The summed E-state index contributed by atoms with van der Waals surface area (Å²) in [6.45, 7) is 33.9. The Bertz CT molecular complexity index is 4710. The molecule has 8 aliphatic rings. The molecule has 0 bridgehead atoms. The lowest BCUT2D eigenvalue weighted by Gasteiger charge is -2.44. The van der Waals surface area contributed by atoms with Crippen molar-refractivity contribution < 1.29 is 57.4 Å². The van der Waals surface area contributed by atoms with Gasteiger partial charge in [0.25, 0.3) is 0 Å². The fourth-order valence-electron chi connectivity index (χ4n) is 15.9. The van der Waals surface area contributed by atoms with E-state index in [1.165, 1.54) is 20.9 Å². The van der Waals surface area contributed by atoms with Crippen LogP contribution in [0.15, 0.2) is 99.9 Å². The Labute approximate surface area is 716 Å². The zero-order chi connectivity index (χ0) is 86.2. The molecular weight excluding hydrogens is 1620 g/mol. The van der Waals surface area contributed by atoms with Crippen molar-refractivity contribution in [3.05, 3.63) is 138 Å². The van der Waals surface area contributed by atoms with E-state index in [1.54, 1.807) is 111 Å². The maximum absolute atomic E-state index is 13.4. The van der Waals surface area contributed by atoms with Gasteiger partial charge in [0.15, 0.2) is 0 Å². The highest BCUT2D eigenvalue weighted by Gasteiger charge is 2.50. The summed E-state index contributed by atoms with van der Waals surface area (Å²) in [5.74, 6) is 1.43. The standard InChI is InChI=1S/C35H46N6O5S.C31H39N5O3S.C23H33BrN4O4/c1-33(2,3)41(32(45)46-34(4,5)6)23-29(43)40-16-11-35(12-17-40)21-26-19-25(22-37-30(26)38-31(35)44)7-8-28(42)39-14-9-24(10-15-39)20-27-36-13-18-47-27;1-30(2,3)9-6-27(38)36-15-10-31(11-16-36)20-24-18-23(21-33-28(24)34-29(31)39)4-5-26(37)35-13-7-22(8-14-35)19-25-32-12-17-40-25;1-21(2,3)28(20(31)32-22(4,5)6)14-17(29)27-9-7-23(8-10-27)12-15-11-16(24)13-25-18(15)26-19(23)30/h7-9,13,18-19,22H,10-12,14-17,20-21,23H2,1-6H3,(H,37,38,44);4-5,7,12,17-18,21H,6,8-11,13-16,19-20H2,1-3H3,(H,33,34,39);11,13H,7-10,12,14H2,1-6H3,(H,25,26,30)/b8-7+;5-4+;. The molecular formula is C89H118BrN15O12S2. The minimum atomic E-state index is -0.677. The van der Waals surface area contributed by atoms with E-state index in [-0.39, 0.29) is 65.8 Å². The summed E-state index contributed by atoms with van der Waals surface area (Å²) in [6.07, 6.45) is 28.6. The minimum Gasteiger partial charge on any atom is -0.444 e. The normalized spacial score (nSPS) is 18.4. The summed E-state index contributed by atoms with van der Waals surface area (Å²) in [5, 5.41) is 15.1. The van der Waals surface area contributed by atoms with Crippen LogP contribution in [0.3, 0.4) is 0 Å². The second-order valence-electron chi connectivity index (χ2n) is 37.8. The number of hydrogen-bond donors (Lipinski definition) is 3.